The summed E-state index contributed by atoms with van der Waals surface area (Å²) in [6.45, 7) is 3.51. The monoisotopic (exact) mass is 299 g/mol. The minimum Gasteiger partial charge on any atom is -0.482 e. The van der Waals surface area contributed by atoms with Crippen LogP contribution in [0, 0.1) is 0 Å². The first-order valence-corrected chi connectivity index (χ1v) is 6.22. The Bertz CT molecular complexity index is 447. The molecule has 4 nitrogen and oxygen atoms in total. The number of rotatable bonds is 2. The molecule has 0 spiro atoms. The van der Waals surface area contributed by atoms with Gasteiger partial charge in [0, 0.05) is 4.47 Å². The number of hydrogen-bond acceptors (Lipinski definition) is 3. The van der Waals surface area contributed by atoms with E-state index in [4.69, 9.17) is 4.74 Å². The second kappa shape index (κ2) is 4.66. The number of benzene rings is 1. The van der Waals surface area contributed by atoms with Gasteiger partial charge in [0.2, 0.25) is 0 Å². The van der Waals surface area contributed by atoms with Crippen molar-refractivity contribution in [3.05, 3.63) is 22.7 Å². The highest BCUT2D eigenvalue weighted by Crippen LogP contribution is 2.36. The zero-order valence-electron chi connectivity index (χ0n) is 9.68. The summed E-state index contributed by atoms with van der Waals surface area (Å²) in [4.78, 5) is 13.5. The van der Waals surface area contributed by atoms with Crippen molar-refractivity contribution in [3.63, 3.8) is 0 Å². The van der Waals surface area contributed by atoms with Gasteiger partial charge in [-0.3, -0.25) is 4.79 Å². The molecule has 1 aliphatic heterocycles. The van der Waals surface area contributed by atoms with Crippen LogP contribution >= 0.6 is 15.9 Å². The van der Waals surface area contributed by atoms with Crippen LogP contribution in [0.2, 0.25) is 0 Å². The Morgan fingerprint density at radius 3 is 2.82 bits per heavy atom. The summed E-state index contributed by atoms with van der Waals surface area (Å²) >= 11 is 3.37. The van der Waals surface area contributed by atoms with Crippen molar-refractivity contribution in [2.24, 2.45) is 0 Å². The molecule has 0 bridgehead atoms. The van der Waals surface area contributed by atoms with Gasteiger partial charge in [-0.15, -0.1) is 0 Å². The highest BCUT2D eigenvalue weighted by Gasteiger charge is 2.31. The fourth-order valence-electron chi connectivity index (χ4n) is 1.81. The van der Waals surface area contributed by atoms with Gasteiger partial charge in [-0.2, -0.15) is 0 Å². The van der Waals surface area contributed by atoms with Gasteiger partial charge in [0.25, 0.3) is 5.91 Å². The molecule has 1 aromatic carbocycles. The number of ether oxygens (including phenoxy) is 1. The number of aliphatic hydroxyl groups excluding tert-OH is 1. The maximum atomic E-state index is 11.9. The second-order valence-electron chi connectivity index (χ2n) is 4.15. The number of carbonyl (C=O) groups is 1. The lowest BCUT2D eigenvalue weighted by Gasteiger charge is -2.35. The average Bonchev–Trinajstić information content (AvgIpc) is 2.27. The molecule has 1 aliphatic rings. The molecule has 17 heavy (non-hydrogen) atoms. The van der Waals surface area contributed by atoms with Crippen molar-refractivity contribution in [2.45, 2.75) is 26.0 Å². The van der Waals surface area contributed by atoms with Crippen LogP contribution in [0.4, 0.5) is 5.69 Å². The number of halogens is 1. The van der Waals surface area contributed by atoms with Gasteiger partial charge >= 0.3 is 0 Å². The summed E-state index contributed by atoms with van der Waals surface area (Å²) in [5, 5.41) is 9.64. The number of anilines is 1. The molecular weight excluding hydrogens is 286 g/mol. The van der Waals surface area contributed by atoms with Crippen LogP contribution in [0.15, 0.2) is 22.7 Å². The molecule has 0 radical (unpaired) electrons. The zero-order chi connectivity index (χ0) is 12.6. The molecule has 0 aliphatic carbocycles. The average molecular weight is 300 g/mol. The highest BCUT2D eigenvalue weighted by atomic mass is 79.9. The third-order valence-corrected chi connectivity index (χ3v) is 3.40. The van der Waals surface area contributed by atoms with Crippen molar-refractivity contribution in [1.29, 1.82) is 0 Å². The number of nitrogens with zero attached hydrogens (tertiary/aromatic N) is 1. The molecule has 2 atom stereocenters. The van der Waals surface area contributed by atoms with Crippen molar-refractivity contribution >= 4 is 27.5 Å². The summed E-state index contributed by atoms with van der Waals surface area (Å²) in [5.74, 6) is 0.532. The first-order chi connectivity index (χ1) is 8.00. The summed E-state index contributed by atoms with van der Waals surface area (Å²) in [7, 11) is 0. The number of amides is 1. The van der Waals surface area contributed by atoms with Crippen LogP contribution in [0.3, 0.4) is 0 Å². The molecule has 0 saturated carbocycles. The lowest BCUT2D eigenvalue weighted by Crippen LogP contribution is -2.48. The third-order valence-electron chi connectivity index (χ3n) is 2.91. The van der Waals surface area contributed by atoms with E-state index in [9.17, 15) is 9.90 Å². The number of aliphatic hydroxyl groups is 1. The van der Waals surface area contributed by atoms with Crippen molar-refractivity contribution in [1.82, 2.24) is 0 Å². The van der Waals surface area contributed by atoms with Crippen LogP contribution in [0.25, 0.3) is 0 Å². The summed E-state index contributed by atoms with van der Waals surface area (Å²) in [5.41, 5.74) is 0.698. The van der Waals surface area contributed by atoms with Crippen molar-refractivity contribution < 1.29 is 14.6 Å². The number of carbonyl (C=O) groups excluding carboxylic acids is 1. The van der Waals surface area contributed by atoms with Crippen molar-refractivity contribution in [2.75, 3.05) is 11.5 Å². The van der Waals surface area contributed by atoms with Crippen LogP contribution < -0.4 is 9.64 Å². The minimum absolute atomic E-state index is 0.0195. The molecule has 1 heterocycles. The molecule has 2 rings (SSSR count). The highest BCUT2D eigenvalue weighted by molar-refractivity contribution is 9.10. The van der Waals surface area contributed by atoms with Crippen LogP contribution in [-0.2, 0) is 4.79 Å². The summed E-state index contributed by atoms with van der Waals surface area (Å²) in [6.07, 6.45) is -0.594. The first kappa shape index (κ1) is 12.4. The van der Waals surface area contributed by atoms with E-state index in [-0.39, 0.29) is 18.6 Å². The van der Waals surface area contributed by atoms with E-state index in [1.165, 1.54) is 0 Å². The maximum absolute atomic E-state index is 11.9. The van der Waals surface area contributed by atoms with Gasteiger partial charge in [0.1, 0.15) is 5.75 Å². The van der Waals surface area contributed by atoms with Crippen LogP contribution in [0.1, 0.15) is 13.8 Å². The molecule has 2 unspecified atom stereocenters. The van der Waals surface area contributed by atoms with E-state index < -0.39 is 6.10 Å². The standard InChI is InChI=1S/C12H14BrNO3/c1-7(8(2)15)14-10-5-9(13)3-4-11(10)17-6-12(14)16/h3-5,7-8,15H,6H2,1-2H3. The van der Waals surface area contributed by atoms with Crippen LogP contribution in [0.5, 0.6) is 5.75 Å². The van der Waals surface area contributed by atoms with Gasteiger partial charge in [0.15, 0.2) is 6.61 Å². The number of hydrogen-bond donors (Lipinski definition) is 1. The molecular formula is C12H14BrNO3. The van der Waals surface area contributed by atoms with E-state index in [1.54, 1.807) is 11.8 Å². The lowest BCUT2D eigenvalue weighted by atomic mass is 10.1. The van der Waals surface area contributed by atoms with E-state index in [2.05, 4.69) is 15.9 Å². The van der Waals surface area contributed by atoms with Gasteiger partial charge in [0.05, 0.1) is 17.8 Å². The number of fused-ring (bicyclic) bond motifs is 1. The van der Waals surface area contributed by atoms with E-state index >= 15 is 0 Å². The fraction of sp³-hybridized carbons (Fsp3) is 0.417. The summed E-state index contributed by atoms with van der Waals surface area (Å²) in [6, 6.07) is 5.22. The smallest absolute Gasteiger partial charge is 0.265 e. The second-order valence-corrected chi connectivity index (χ2v) is 5.06. The Morgan fingerprint density at radius 2 is 2.18 bits per heavy atom. The molecule has 0 fully saturated rings. The largest absolute Gasteiger partial charge is 0.482 e. The SMILES string of the molecule is CC(O)C(C)N1C(=O)COc2ccc(Br)cc21. The Morgan fingerprint density at radius 1 is 1.47 bits per heavy atom. The van der Waals surface area contributed by atoms with Crippen LogP contribution in [-0.4, -0.2) is 29.8 Å². The molecule has 92 valence electrons. The predicted molar refractivity (Wildman–Crippen MR) is 68.3 cm³/mol. The quantitative estimate of drug-likeness (QED) is 0.908. The van der Waals surface area contributed by atoms with E-state index in [1.807, 2.05) is 25.1 Å². The van der Waals surface area contributed by atoms with Gasteiger partial charge in [-0.1, -0.05) is 15.9 Å². The summed E-state index contributed by atoms with van der Waals surface area (Å²) < 4.78 is 6.23. The van der Waals surface area contributed by atoms with Crippen molar-refractivity contribution in [3.8, 4) is 5.75 Å². The van der Waals surface area contributed by atoms with E-state index in [0.29, 0.717) is 11.4 Å². The molecule has 1 amide bonds. The maximum Gasteiger partial charge on any atom is 0.265 e. The normalized spacial score (nSPS) is 18.4. The Kier molecular flexibility index (Phi) is 3.40. The lowest BCUT2D eigenvalue weighted by molar-refractivity contribution is -0.122. The van der Waals surface area contributed by atoms with Gasteiger partial charge < -0.3 is 14.7 Å². The molecule has 1 N–H and O–H groups in total. The van der Waals surface area contributed by atoms with Gasteiger partial charge in [-0.05, 0) is 32.0 Å². The Hall–Kier alpha value is -1.07. The molecule has 0 aromatic heterocycles. The minimum atomic E-state index is -0.594. The molecule has 5 heteroatoms. The fourth-order valence-corrected chi connectivity index (χ4v) is 2.16. The molecule has 0 saturated heterocycles. The van der Waals surface area contributed by atoms with Gasteiger partial charge in [-0.25, -0.2) is 0 Å². The Labute approximate surface area is 108 Å². The zero-order valence-corrected chi connectivity index (χ0v) is 11.3. The van der Waals surface area contributed by atoms with E-state index in [0.717, 1.165) is 4.47 Å². The predicted octanol–water partition coefficient (Wildman–Crippen LogP) is 1.94. The third kappa shape index (κ3) is 2.30. The Balaban J connectivity index is 2.45. The molecule has 1 aromatic rings. The topological polar surface area (TPSA) is 49.8 Å². The first-order valence-electron chi connectivity index (χ1n) is 5.43.